The van der Waals surface area contributed by atoms with Crippen LogP contribution < -0.4 is 11.1 Å². The Morgan fingerprint density at radius 1 is 1.08 bits per heavy atom. The molecule has 0 unspecified atom stereocenters. The standard InChI is InChI=1S/C17H15F2IN2O2/c18-12-5-3-6-13(19)11(12)9-16(23)22-15(17(21)24)8-10-4-1-2-7-14(10)20/h1-7,15H,8-9H2,(H2,21,24)(H,22,23)/t15-/m1/s1. The van der Waals surface area contributed by atoms with Gasteiger partial charge in [0.05, 0.1) is 6.42 Å². The SMILES string of the molecule is NC(=O)[C@@H](Cc1ccccc1I)NC(=O)Cc1c(F)cccc1F. The Kier molecular flexibility index (Phi) is 6.24. The van der Waals surface area contributed by atoms with Crippen LogP contribution in [0.2, 0.25) is 0 Å². The normalized spacial score (nSPS) is 11.8. The number of nitrogens with two attached hydrogens (primary N) is 1. The quantitative estimate of drug-likeness (QED) is 0.672. The monoisotopic (exact) mass is 444 g/mol. The van der Waals surface area contributed by atoms with Gasteiger partial charge in [-0.1, -0.05) is 24.3 Å². The summed E-state index contributed by atoms with van der Waals surface area (Å²) in [7, 11) is 0. The summed E-state index contributed by atoms with van der Waals surface area (Å²) < 4.78 is 28.1. The van der Waals surface area contributed by atoms with E-state index in [1.807, 2.05) is 24.3 Å². The van der Waals surface area contributed by atoms with E-state index in [9.17, 15) is 18.4 Å². The van der Waals surface area contributed by atoms with Crippen molar-refractivity contribution in [2.24, 2.45) is 5.73 Å². The van der Waals surface area contributed by atoms with Crippen LogP contribution in [-0.2, 0) is 22.4 Å². The van der Waals surface area contributed by atoms with E-state index in [0.29, 0.717) is 0 Å². The van der Waals surface area contributed by atoms with Crippen molar-refractivity contribution in [1.29, 1.82) is 0 Å². The van der Waals surface area contributed by atoms with Crippen molar-refractivity contribution in [2.45, 2.75) is 18.9 Å². The molecular formula is C17H15F2IN2O2. The third-order valence-electron chi connectivity index (χ3n) is 3.46. The van der Waals surface area contributed by atoms with Crippen LogP contribution in [0.5, 0.6) is 0 Å². The molecule has 0 heterocycles. The van der Waals surface area contributed by atoms with Gasteiger partial charge in [0.25, 0.3) is 0 Å². The molecular weight excluding hydrogens is 429 g/mol. The lowest BCUT2D eigenvalue weighted by Crippen LogP contribution is -2.46. The van der Waals surface area contributed by atoms with E-state index in [4.69, 9.17) is 5.73 Å². The Morgan fingerprint density at radius 3 is 2.29 bits per heavy atom. The number of amides is 2. The molecule has 0 aromatic heterocycles. The highest BCUT2D eigenvalue weighted by Gasteiger charge is 2.21. The highest BCUT2D eigenvalue weighted by molar-refractivity contribution is 14.1. The maximum absolute atomic E-state index is 13.6. The molecule has 1 atom stereocenters. The van der Waals surface area contributed by atoms with Crippen LogP contribution in [0.15, 0.2) is 42.5 Å². The Labute approximate surface area is 151 Å². The van der Waals surface area contributed by atoms with Gasteiger partial charge in [-0.15, -0.1) is 0 Å². The van der Waals surface area contributed by atoms with Crippen molar-refractivity contribution in [3.05, 3.63) is 68.8 Å². The fourth-order valence-corrected chi connectivity index (χ4v) is 2.82. The molecule has 2 amide bonds. The zero-order valence-electron chi connectivity index (χ0n) is 12.6. The molecule has 2 aromatic rings. The van der Waals surface area contributed by atoms with E-state index < -0.39 is 35.9 Å². The minimum Gasteiger partial charge on any atom is -0.368 e. The van der Waals surface area contributed by atoms with Gasteiger partial charge in [-0.3, -0.25) is 9.59 Å². The van der Waals surface area contributed by atoms with E-state index in [1.165, 1.54) is 6.07 Å². The van der Waals surface area contributed by atoms with Gasteiger partial charge in [0, 0.05) is 15.6 Å². The number of primary amides is 1. The molecule has 126 valence electrons. The van der Waals surface area contributed by atoms with Crippen LogP contribution in [0.3, 0.4) is 0 Å². The van der Waals surface area contributed by atoms with Crippen LogP contribution >= 0.6 is 22.6 Å². The predicted octanol–water partition coefficient (Wildman–Crippen LogP) is 2.32. The van der Waals surface area contributed by atoms with Crippen LogP contribution in [0.1, 0.15) is 11.1 Å². The van der Waals surface area contributed by atoms with E-state index in [0.717, 1.165) is 21.3 Å². The average Bonchev–Trinajstić information content (AvgIpc) is 2.52. The molecule has 7 heteroatoms. The molecule has 0 aliphatic heterocycles. The maximum atomic E-state index is 13.6. The molecule has 0 aliphatic rings. The van der Waals surface area contributed by atoms with Gasteiger partial charge in [0.15, 0.2) is 0 Å². The first-order chi connectivity index (χ1) is 11.4. The number of carbonyl (C=O) groups excluding carboxylic acids is 2. The Morgan fingerprint density at radius 2 is 1.71 bits per heavy atom. The van der Waals surface area contributed by atoms with E-state index in [2.05, 4.69) is 27.9 Å². The molecule has 0 saturated heterocycles. The Hall–Kier alpha value is -2.03. The number of hydrogen-bond donors (Lipinski definition) is 2. The first kappa shape index (κ1) is 18.3. The number of rotatable bonds is 6. The summed E-state index contributed by atoms with van der Waals surface area (Å²) >= 11 is 2.11. The van der Waals surface area contributed by atoms with Gasteiger partial charge in [0.2, 0.25) is 11.8 Å². The molecule has 0 bridgehead atoms. The number of carbonyl (C=O) groups is 2. The van der Waals surface area contributed by atoms with E-state index in [-0.39, 0.29) is 12.0 Å². The van der Waals surface area contributed by atoms with E-state index >= 15 is 0 Å². The summed E-state index contributed by atoms with van der Waals surface area (Å²) in [6.45, 7) is 0. The van der Waals surface area contributed by atoms with Gasteiger partial charge >= 0.3 is 0 Å². The van der Waals surface area contributed by atoms with Crippen LogP contribution in [0.25, 0.3) is 0 Å². The lowest BCUT2D eigenvalue weighted by Gasteiger charge is -2.16. The topological polar surface area (TPSA) is 72.2 Å². The first-order valence-corrected chi connectivity index (χ1v) is 8.21. The van der Waals surface area contributed by atoms with Crippen molar-refractivity contribution in [3.8, 4) is 0 Å². The molecule has 0 fully saturated rings. The highest BCUT2D eigenvalue weighted by Crippen LogP contribution is 2.15. The summed E-state index contributed by atoms with van der Waals surface area (Å²) in [4.78, 5) is 23.6. The fraction of sp³-hybridized carbons (Fsp3) is 0.176. The third-order valence-corrected chi connectivity index (χ3v) is 4.51. The fourth-order valence-electron chi connectivity index (χ4n) is 2.21. The number of halogens is 3. The van der Waals surface area contributed by atoms with Gasteiger partial charge in [0.1, 0.15) is 17.7 Å². The minimum atomic E-state index is -0.955. The van der Waals surface area contributed by atoms with Crippen LogP contribution in [0.4, 0.5) is 8.78 Å². The molecule has 2 rings (SSSR count). The van der Waals surface area contributed by atoms with Gasteiger partial charge < -0.3 is 11.1 Å². The van der Waals surface area contributed by atoms with Gasteiger partial charge in [-0.25, -0.2) is 8.78 Å². The zero-order chi connectivity index (χ0) is 17.7. The zero-order valence-corrected chi connectivity index (χ0v) is 14.7. The van der Waals surface area contributed by atoms with Crippen molar-refractivity contribution in [2.75, 3.05) is 0 Å². The second-order valence-electron chi connectivity index (χ2n) is 5.19. The first-order valence-electron chi connectivity index (χ1n) is 7.13. The van der Waals surface area contributed by atoms with Crippen molar-refractivity contribution < 1.29 is 18.4 Å². The van der Waals surface area contributed by atoms with Gasteiger partial charge in [-0.2, -0.15) is 0 Å². The number of nitrogens with one attached hydrogen (secondary N) is 1. The predicted molar refractivity (Wildman–Crippen MR) is 94.1 cm³/mol. The van der Waals surface area contributed by atoms with E-state index in [1.54, 1.807) is 0 Å². The number of benzene rings is 2. The lowest BCUT2D eigenvalue weighted by molar-refractivity contribution is -0.127. The summed E-state index contributed by atoms with van der Waals surface area (Å²) in [5.41, 5.74) is 5.84. The average molecular weight is 444 g/mol. The molecule has 2 aromatic carbocycles. The smallest absolute Gasteiger partial charge is 0.240 e. The Bertz CT molecular complexity index is 748. The number of hydrogen-bond acceptors (Lipinski definition) is 2. The van der Waals surface area contributed by atoms with Crippen LogP contribution in [-0.4, -0.2) is 17.9 Å². The minimum absolute atomic E-state index is 0.208. The molecule has 0 saturated carbocycles. The lowest BCUT2D eigenvalue weighted by atomic mass is 10.0. The summed E-state index contributed by atoms with van der Waals surface area (Å²) in [6, 6.07) is 9.76. The Balaban J connectivity index is 2.09. The van der Waals surface area contributed by atoms with Crippen LogP contribution in [0, 0.1) is 15.2 Å². The second kappa shape index (κ2) is 8.18. The van der Waals surface area contributed by atoms with Crippen molar-refractivity contribution >= 4 is 34.4 Å². The van der Waals surface area contributed by atoms with Crippen molar-refractivity contribution in [1.82, 2.24) is 5.32 Å². The molecule has 0 spiro atoms. The summed E-state index contributed by atoms with van der Waals surface area (Å²) in [5, 5.41) is 2.44. The van der Waals surface area contributed by atoms with Gasteiger partial charge in [-0.05, 0) is 46.4 Å². The molecule has 4 nitrogen and oxygen atoms in total. The largest absolute Gasteiger partial charge is 0.368 e. The van der Waals surface area contributed by atoms with Crippen molar-refractivity contribution in [3.63, 3.8) is 0 Å². The molecule has 24 heavy (non-hydrogen) atoms. The second-order valence-corrected chi connectivity index (χ2v) is 6.36. The molecule has 0 radical (unpaired) electrons. The third kappa shape index (κ3) is 4.73. The summed E-state index contributed by atoms with van der Waals surface area (Å²) in [6.07, 6.45) is -0.298. The highest BCUT2D eigenvalue weighted by atomic mass is 127. The maximum Gasteiger partial charge on any atom is 0.240 e. The molecule has 3 N–H and O–H groups in total. The summed E-state index contributed by atoms with van der Waals surface area (Å²) in [5.74, 6) is -3.00. The molecule has 0 aliphatic carbocycles.